The van der Waals surface area contributed by atoms with Crippen molar-refractivity contribution in [1.82, 2.24) is 19.7 Å². The molecule has 27 heavy (non-hydrogen) atoms. The molecule has 2 atom stereocenters. The number of H-pyrrole nitrogens is 1. The van der Waals surface area contributed by atoms with Gasteiger partial charge in [0.05, 0.1) is 19.3 Å². The van der Waals surface area contributed by atoms with Gasteiger partial charge in [0.2, 0.25) is 0 Å². The van der Waals surface area contributed by atoms with Crippen molar-refractivity contribution in [3.63, 3.8) is 0 Å². The number of benzene rings is 1. The van der Waals surface area contributed by atoms with E-state index < -0.39 is 0 Å². The van der Waals surface area contributed by atoms with Crippen LogP contribution in [-0.2, 0) is 20.8 Å². The Morgan fingerprint density at radius 3 is 2.96 bits per heavy atom. The Bertz CT molecular complexity index is 976. The fraction of sp³-hybridized carbons (Fsp3) is 0.421. The fourth-order valence-corrected chi connectivity index (χ4v) is 4.71. The van der Waals surface area contributed by atoms with Gasteiger partial charge in [-0.15, -0.1) is 10.2 Å². The number of aromatic amines is 1. The van der Waals surface area contributed by atoms with Gasteiger partial charge in [0, 0.05) is 35.7 Å². The molecule has 0 radical (unpaired) electrons. The Kier molecular flexibility index (Phi) is 4.37. The second-order valence-corrected chi connectivity index (χ2v) is 8.03. The second-order valence-electron chi connectivity index (χ2n) is 6.86. The molecule has 1 N–H and O–H groups in total. The van der Waals surface area contributed by atoms with Crippen molar-refractivity contribution in [2.75, 3.05) is 13.2 Å². The number of ether oxygens (including phenoxy) is 2. The maximum absolute atomic E-state index is 11.9. The summed E-state index contributed by atoms with van der Waals surface area (Å²) in [5, 5.41) is 10.5. The van der Waals surface area contributed by atoms with Crippen LogP contribution in [0.2, 0.25) is 0 Å². The van der Waals surface area contributed by atoms with Gasteiger partial charge in [0.1, 0.15) is 5.25 Å². The van der Waals surface area contributed by atoms with E-state index in [4.69, 9.17) is 9.47 Å². The van der Waals surface area contributed by atoms with Crippen molar-refractivity contribution in [2.45, 2.75) is 42.3 Å². The van der Waals surface area contributed by atoms with E-state index in [1.807, 2.05) is 24.4 Å². The van der Waals surface area contributed by atoms with E-state index in [0.29, 0.717) is 19.6 Å². The number of carbonyl (C=O) groups excluding carboxylic acids is 1. The molecule has 2 aliphatic heterocycles. The fourth-order valence-electron chi connectivity index (χ4n) is 3.70. The summed E-state index contributed by atoms with van der Waals surface area (Å²) >= 11 is 1.44. The zero-order chi connectivity index (χ0) is 18.2. The van der Waals surface area contributed by atoms with Crippen LogP contribution in [0.1, 0.15) is 19.3 Å². The summed E-state index contributed by atoms with van der Waals surface area (Å²) in [6, 6.07) is 8.15. The molecule has 0 saturated carbocycles. The molecular weight excluding hydrogens is 364 g/mol. The first kappa shape index (κ1) is 16.8. The van der Waals surface area contributed by atoms with Crippen LogP contribution in [0.4, 0.5) is 0 Å². The smallest absolute Gasteiger partial charge is 0.319 e. The number of rotatable bonds is 5. The Hall–Kier alpha value is -2.32. The van der Waals surface area contributed by atoms with Gasteiger partial charge >= 0.3 is 5.97 Å². The Morgan fingerprint density at radius 1 is 1.22 bits per heavy atom. The number of para-hydroxylation sites is 1. The minimum atomic E-state index is -0.215. The summed E-state index contributed by atoms with van der Waals surface area (Å²) in [6.07, 6.45) is 4.94. The van der Waals surface area contributed by atoms with Crippen LogP contribution >= 0.6 is 11.8 Å². The Balaban J connectivity index is 1.54. The van der Waals surface area contributed by atoms with Crippen LogP contribution < -0.4 is 0 Å². The molecular formula is C19H20N4O3S. The van der Waals surface area contributed by atoms with Crippen LogP contribution in [-0.4, -0.2) is 50.3 Å². The summed E-state index contributed by atoms with van der Waals surface area (Å²) in [5.41, 5.74) is 2.07. The standard InChI is InChI=1S/C19H20N4O3S/c24-18-16(7-9-26-18)27-19-22-21-17(23(19)11-12-4-3-8-25-12)14-10-20-15-6-2-1-5-13(14)15/h1-2,5-6,10,12,16,20H,3-4,7-9,11H2/t12-,16+/m1/s1. The molecule has 3 aromatic rings. The predicted octanol–water partition coefficient (Wildman–Crippen LogP) is 3.01. The second kappa shape index (κ2) is 7.01. The Labute approximate surface area is 160 Å². The normalized spacial score (nSPS) is 22.6. The molecule has 5 rings (SSSR count). The molecule has 7 nitrogen and oxygen atoms in total. The first-order valence-electron chi connectivity index (χ1n) is 9.24. The van der Waals surface area contributed by atoms with E-state index in [1.165, 1.54) is 11.8 Å². The van der Waals surface area contributed by atoms with Crippen molar-refractivity contribution in [3.05, 3.63) is 30.5 Å². The van der Waals surface area contributed by atoms with Gasteiger partial charge in [-0.25, -0.2) is 0 Å². The lowest BCUT2D eigenvalue weighted by atomic mass is 10.1. The average Bonchev–Trinajstić information content (AvgIpc) is 3.46. The third-order valence-corrected chi connectivity index (χ3v) is 6.32. The number of nitrogens with one attached hydrogen (secondary N) is 1. The highest BCUT2D eigenvalue weighted by Crippen LogP contribution is 2.34. The molecule has 2 fully saturated rings. The largest absolute Gasteiger partial charge is 0.465 e. The molecule has 0 unspecified atom stereocenters. The first-order chi connectivity index (χ1) is 13.3. The SMILES string of the molecule is O=C1OCC[C@@H]1Sc1nnc(-c2c[nH]c3ccccc23)n1C[C@H]1CCCO1. The minimum Gasteiger partial charge on any atom is -0.465 e. The van der Waals surface area contributed by atoms with Gasteiger partial charge < -0.3 is 14.5 Å². The summed E-state index contributed by atoms with van der Waals surface area (Å²) in [5.74, 6) is 0.636. The van der Waals surface area contributed by atoms with E-state index in [0.717, 1.165) is 46.9 Å². The highest BCUT2D eigenvalue weighted by atomic mass is 32.2. The Morgan fingerprint density at radius 2 is 2.15 bits per heavy atom. The third kappa shape index (κ3) is 3.12. The number of aromatic nitrogens is 4. The molecule has 1 aromatic carbocycles. The molecule has 4 heterocycles. The van der Waals surface area contributed by atoms with Gasteiger partial charge in [0.15, 0.2) is 11.0 Å². The van der Waals surface area contributed by atoms with Gasteiger partial charge in [-0.3, -0.25) is 9.36 Å². The van der Waals surface area contributed by atoms with Gasteiger partial charge in [-0.1, -0.05) is 30.0 Å². The lowest BCUT2D eigenvalue weighted by Crippen LogP contribution is -2.18. The molecule has 140 valence electrons. The van der Waals surface area contributed by atoms with Crippen molar-refractivity contribution in [3.8, 4) is 11.4 Å². The lowest BCUT2D eigenvalue weighted by Gasteiger charge is -2.15. The predicted molar refractivity (Wildman–Crippen MR) is 102 cm³/mol. The summed E-state index contributed by atoms with van der Waals surface area (Å²) < 4.78 is 13.0. The zero-order valence-electron chi connectivity index (χ0n) is 14.8. The van der Waals surface area contributed by atoms with Crippen molar-refractivity contribution in [2.24, 2.45) is 0 Å². The number of nitrogens with zero attached hydrogens (tertiary/aromatic N) is 3. The van der Waals surface area contributed by atoms with Crippen LogP contribution in [0.25, 0.3) is 22.3 Å². The van der Waals surface area contributed by atoms with Gasteiger partial charge in [0.25, 0.3) is 0 Å². The summed E-state index contributed by atoms with van der Waals surface area (Å²) in [6.45, 7) is 1.96. The molecule has 0 bridgehead atoms. The molecule has 0 aliphatic carbocycles. The number of hydrogen-bond donors (Lipinski definition) is 1. The average molecular weight is 384 g/mol. The first-order valence-corrected chi connectivity index (χ1v) is 10.1. The maximum atomic E-state index is 11.9. The summed E-state index contributed by atoms with van der Waals surface area (Å²) in [7, 11) is 0. The van der Waals surface area contributed by atoms with Crippen LogP contribution in [0.3, 0.4) is 0 Å². The number of cyclic esters (lactones) is 1. The number of carbonyl (C=O) groups is 1. The van der Waals surface area contributed by atoms with Gasteiger partial charge in [-0.2, -0.15) is 0 Å². The minimum absolute atomic E-state index is 0.153. The molecule has 2 aromatic heterocycles. The monoisotopic (exact) mass is 384 g/mol. The topological polar surface area (TPSA) is 82.0 Å². The number of thioether (sulfide) groups is 1. The van der Waals surface area contributed by atoms with E-state index in [-0.39, 0.29) is 17.3 Å². The van der Waals surface area contributed by atoms with E-state index >= 15 is 0 Å². The van der Waals surface area contributed by atoms with Crippen LogP contribution in [0, 0.1) is 0 Å². The number of esters is 1. The third-order valence-electron chi connectivity index (χ3n) is 5.09. The lowest BCUT2D eigenvalue weighted by molar-refractivity contribution is -0.137. The maximum Gasteiger partial charge on any atom is 0.319 e. The van der Waals surface area contributed by atoms with Crippen LogP contribution in [0.5, 0.6) is 0 Å². The number of hydrogen-bond acceptors (Lipinski definition) is 6. The van der Waals surface area contributed by atoms with Crippen molar-refractivity contribution < 1.29 is 14.3 Å². The van der Waals surface area contributed by atoms with E-state index in [1.54, 1.807) is 0 Å². The highest BCUT2D eigenvalue weighted by Gasteiger charge is 2.31. The number of fused-ring (bicyclic) bond motifs is 1. The molecule has 2 saturated heterocycles. The van der Waals surface area contributed by atoms with E-state index in [2.05, 4.69) is 25.8 Å². The van der Waals surface area contributed by atoms with Gasteiger partial charge in [-0.05, 0) is 18.9 Å². The quantitative estimate of drug-likeness (QED) is 0.681. The van der Waals surface area contributed by atoms with E-state index in [9.17, 15) is 4.79 Å². The molecule has 8 heteroatoms. The molecule has 0 spiro atoms. The van der Waals surface area contributed by atoms with Crippen molar-refractivity contribution in [1.29, 1.82) is 0 Å². The van der Waals surface area contributed by atoms with Crippen molar-refractivity contribution >= 4 is 28.6 Å². The highest BCUT2D eigenvalue weighted by molar-refractivity contribution is 8.00. The molecule has 0 amide bonds. The zero-order valence-corrected chi connectivity index (χ0v) is 15.6. The van der Waals surface area contributed by atoms with Crippen LogP contribution in [0.15, 0.2) is 35.6 Å². The summed E-state index contributed by atoms with van der Waals surface area (Å²) in [4.78, 5) is 15.2. The molecule has 2 aliphatic rings.